The third-order valence-corrected chi connectivity index (χ3v) is 3.11. The van der Waals surface area contributed by atoms with Crippen molar-refractivity contribution < 1.29 is 9.90 Å². The van der Waals surface area contributed by atoms with E-state index in [2.05, 4.69) is 4.98 Å². The van der Waals surface area contributed by atoms with Crippen molar-refractivity contribution in [2.45, 2.75) is 6.54 Å². The van der Waals surface area contributed by atoms with Crippen molar-refractivity contribution in [1.82, 2.24) is 9.55 Å². The molecule has 0 aromatic carbocycles. The number of aliphatic carboxylic acids is 1. The molecule has 7 heteroatoms. The first-order valence-corrected chi connectivity index (χ1v) is 5.30. The number of rotatable bonds is 2. The van der Waals surface area contributed by atoms with Crippen LogP contribution in [0.15, 0.2) is 16.2 Å². The van der Waals surface area contributed by atoms with Gasteiger partial charge in [0.05, 0.1) is 5.52 Å². The quantitative estimate of drug-likeness (QED) is 0.776. The number of aromatic amines is 1. The highest BCUT2D eigenvalue weighted by atomic mass is 32.1. The first-order valence-electron chi connectivity index (χ1n) is 4.01. The molecule has 0 bridgehead atoms. The van der Waals surface area contributed by atoms with E-state index in [1.54, 1.807) is 11.4 Å². The summed E-state index contributed by atoms with van der Waals surface area (Å²) in [5.74, 6) is -1.09. The van der Waals surface area contributed by atoms with E-state index < -0.39 is 12.5 Å². The average Bonchev–Trinajstić information content (AvgIpc) is 2.59. The minimum absolute atomic E-state index is 0.133. The van der Waals surface area contributed by atoms with E-state index in [0.29, 0.717) is 10.2 Å². The van der Waals surface area contributed by atoms with Crippen LogP contribution in [0.3, 0.4) is 0 Å². The Hall–Kier alpha value is -1.47. The van der Waals surface area contributed by atoms with E-state index in [4.69, 9.17) is 17.3 Å². The number of thiophene rings is 1. The fourth-order valence-electron chi connectivity index (χ4n) is 1.25. The summed E-state index contributed by atoms with van der Waals surface area (Å²) in [5.41, 5.74) is 0.294. The first kappa shape index (κ1) is 10.1. The van der Waals surface area contributed by atoms with Crippen molar-refractivity contribution in [1.29, 1.82) is 0 Å². The second-order valence-electron chi connectivity index (χ2n) is 2.88. The number of nitrogens with one attached hydrogen (secondary N) is 1. The van der Waals surface area contributed by atoms with Crippen LogP contribution in [0.5, 0.6) is 0 Å². The number of aromatic nitrogens is 2. The maximum atomic E-state index is 11.8. The lowest BCUT2D eigenvalue weighted by atomic mass is 10.4. The lowest BCUT2D eigenvalue weighted by molar-refractivity contribution is -0.137. The smallest absolute Gasteiger partial charge is 0.323 e. The van der Waals surface area contributed by atoms with Gasteiger partial charge in [-0.15, -0.1) is 11.3 Å². The number of hydrogen-bond acceptors (Lipinski definition) is 4. The maximum absolute atomic E-state index is 11.8. The molecule has 2 heterocycles. The predicted molar refractivity (Wildman–Crippen MR) is 58.9 cm³/mol. The molecule has 5 nitrogen and oxygen atoms in total. The minimum atomic E-state index is -1.09. The molecule has 0 saturated carbocycles. The van der Waals surface area contributed by atoms with Crippen LogP contribution in [-0.2, 0) is 11.3 Å². The standard InChI is InChI=1S/C8H6N2O3S2/c11-5(12)3-10-7(13)6-4(1-2-15-6)9-8(10)14/h1-2H,3H2,(H,9,14)(H,11,12). The van der Waals surface area contributed by atoms with E-state index in [9.17, 15) is 9.59 Å². The van der Waals surface area contributed by atoms with E-state index in [1.165, 1.54) is 11.3 Å². The molecular weight excluding hydrogens is 236 g/mol. The Balaban J connectivity index is 2.78. The molecule has 0 amide bonds. The molecule has 2 N–H and O–H groups in total. The molecule has 0 radical (unpaired) electrons. The van der Waals surface area contributed by atoms with Crippen LogP contribution >= 0.6 is 23.6 Å². The van der Waals surface area contributed by atoms with Gasteiger partial charge in [-0.1, -0.05) is 0 Å². The zero-order chi connectivity index (χ0) is 11.0. The number of carbonyl (C=O) groups is 1. The van der Waals surface area contributed by atoms with Gasteiger partial charge in [0.1, 0.15) is 11.2 Å². The zero-order valence-corrected chi connectivity index (χ0v) is 9.02. The van der Waals surface area contributed by atoms with Crippen molar-refractivity contribution in [3.63, 3.8) is 0 Å². The average molecular weight is 242 g/mol. The molecule has 15 heavy (non-hydrogen) atoms. The molecule has 78 valence electrons. The van der Waals surface area contributed by atoms with E-state index in [-0.39, 0.29) is 10.3 Å². The summed E-state index contributed by atoms with van der Waals surface area (Å²) >= 11 is 6.16. The number of nitrogens with zero attached hydrogens (tertiary/aromatic N) is 1. The van der Waals surface area contributed by atoms with Gasteiger partial charge in [0, 0.05) is 0 Å². The van der Waals surface area contributed by atoms with Crippen LogP contribution in [0.2, 0.25) is 0 Å². The normalized spacial score (nSPS) is 10.7. The Labute approximate surface area is 92.6 Å². The largest absolute Gasteiger partial charge is 0.480 e. The van der Waals surface area contributed by atoms with Crippen molar-refractivity contribution in [3.8, 4) is 0 Å². The number of hydrogen-bond donors (Lipinski definition) is 2. The molecule has 0 fully saturated rings. The summed E-state index contributed by atoms with van der Waals surface area (Å²) < 4.78 is 1.66. The van der Waals surface area contributed by atoms with Crippen LogP contribution in [0.1, 0.15) is 0 Å². The van der Waals surface area contributed by atoms with Crippen molar-refractivity contribution in [3.05, 3.63) is 26.6 Å². The second kappa shape index (κ2) is 3.59. The molecule has 0 atom stereocenters. The molecular formula is C8H6N2O3S2. The molecule has 0 saturated heterocycles. The van der Waals surface area contributed by atoms with Crippen LogP contribution in [0.25, 0.3) is 10.2 Å². The monoisotopic (exact) mass is 242 g/mol. The molecule has 0 aliphatic heterocycles. The Morgan fingerprint density at radius 2 is 2.40 bits per heavy atom. The summed E-state index contributed by atoms with van der Waals surface area (Å²) in [6, 6.07) is 1.74. The minimum Gasteiger partial charge on any atom is -0.480 e. The summed E-state index contributed by atoms with van der Waals surface area (Å²) in [6.45, 7) is -0.415. The van der Waals surface area contributed by atoms with Gasteiger partial charge in [0.2, 0.25) is 0 Å². The number of H-pyrrole nitrogens is 1. The van der Waals surface area contributed by atoms with Gasteiger partial charge in [0.25, 0.3) is 5.56 Å². The highest BCUT2D eigenvalue weighted by Gasteiger charge is 2.08. The maximum Gasteiger partial charge on any atom is 0.323 e. The molecule has 0 spiro atoms. The third kappa shape index (κ3) is 1.71. The van der Waals surface area contributed by atoms with Crippen LogP contribution in [-0.4, -0.2) is 20.6 Å². The summed E-state index contributed by atoms with van der Waals surface area (Å²) in [5, 5.41) is 10.4. The molecule has 0 aliphatic rings. The summed E-state index contributed by atoms with van der Waals surface area (Å²) in [6.07, 6.45) is 0. The Bertz CT molecular complexity index is 637. The predicted octanol–water partition coefficient (Wildman–Crippen LogP) is 1.21. The van der Waals surface area contributed by atoms with Crippen LogP contribution in [0, 0.1) is 4.77 Å². The van der Waals surface area contributed by atoms with Gasteiger partial charge < -0.3 is 10.1 Å². The fourth-order valence-corrected chi connectivity index (χ4v) is 2.30. The van der Waals surface area contributed by atoms with E-state index in [1.807, 2.05) is 0 Å². The van der Waals surface area contributed by atoms with Gasteiger partial charge >= 0.3 is 5.97 Å². The number of carboxylic acids is 1. The van der Waals surface area contributed by atoms with Gasteiger partial charge in [-0.05, 0) is 23.7 Å². The second-order valence-corrected chi connectivity index (χ2v) is 4.18. The van der Waals surface area contributed by atoms with Crippen molar-refractivity contribution >= 4 is 39.7 Å². The lowest BCUT2D eigenvalue weighted by Gasteiger charge is -2.01. The molecule has 2 aromatic heterocycles. The lowest BCUT2D eigenvalue weighted by Crippen LogP contribution is -2.25. The third-order valence-electron chi connectivity index (χ3n) is 1.88. The SMILES string of the molecule is O=C(O)Cn1c(=S)[nH]c2ccsc2c1=O. The van der Waals surface area contributed by atoms with Gasteiger partial charge in [-0.25, -0.2) is 0 Å². The molecule has 2 rings (SSSR count). The van der Waals surface area contributed by atoms with Crippen LogP contribution in [0.4, 0.5) is 0 Å². The van der Waals surface area contributed by atoms with E-state index in [0.717, 1.165) is 4.57 Å². The van der Waals surface area contributed by atoms with Gasteiger partial charge in [-0.3, -0.25) is 14.2 Å². The zero-order valence-electron chi connectivity index (χ0n) is 7.39. The Morgan fingerprint density at radius 3 is 3.07 bits per heavy atom. The first-order chi connectivity index (χ1) is 7.09. The van der Waals surface area contributed by atoms with Crippen LogP contribution < -0.4 is 5.56 Å². The Kier molecular flexibility index (Phi) is 2.41. The van der Waals surface area contributed by atoms with Crippen molar-refractivity contribution in [2.75, 3.05) is 0 Å². The molecule has 0 aliphatic carbocycles. The highest BCUT2D eigenvalue weighted by molar-refractivity contribution is 7.71. The number of fused-ring (bicyclic) bond motifs is 1. The summed E-state index contributed by atoms with van der Waals surface area (Å²) in [7, 11) is 0. The van der Waals surface area contributed by atoms with E-state index >= 15 is 0 Å². The van der Waals surface area contributed by atoms with Crippen molar-refractivity contribution in [2.24, 2.45) is 0 Å². The van der Waals surface area contributed by atoms with Gasteiger partial charge in [0.15, 0.2) is 4.77 Å². The molecule has 0 unspecified atom stereocenters. The molecule has 2 aromatic rings. The highest BCUT2D eigenvalue weighted by Crippen LogP contribution is 2.13. The fraction of sp³-hybridized carbons (Fsp3) is 0.125. The summed E-state index contributed by atoms with van der Waals surface area (Å²) in [4.78, 5) is 25.1. The topological polar surface area (TPSA) is 75.1 Å². The van der Waals surface area contributed by atoms with Gasteiger partial charge in [-0.2, -0.15) is 0 Å². The number of carboxylic acid groups (broad SMARTS) is 1. The Morgan fingerprint density at radius 1 is 1.67 bits per heavy atom.